The zero-order valence-corrected chi connectivity index (χ0v) is 12.2. The first-order valence-corrected chi connectivity index (χ1v) is 8.17. The van der Waals surface area contributed by atoms with Crippen molar-refractivity contribution in [3.63, 3.8) is 0 Å². The van der Waals surface area contributed by atoms with E-state index in [0.29, 0.717) is 4.90 Å². The van der Waals surface area contributed by atoms with Crippen molar-refractivity contribution in [2.24, 2.45) is 0 Å². The van der Waals surface area contributed by atoms with Gasteiger partial charge < -0.3 is 0 Å². The highest BCUT2D eigenvalue weighted by Crippen LogP contribution is 2.33. The Morgan fingerprint density at radius 1 is 1.29 bits per heavy atom. The number of hydrogen-bond donors (Lipinski definition) is 0. The average Bonchev–Trinajstić information content (AvgIpc) is 2.71. The van der Waals surface area contributed by atoms with Crippen LogP contribution in [0, 0.1) is 0 Å². The molecule has 1 heterocycles. The molecule has 4 nitrogen and oxygen atoms in total. The maximum atomic E-state index is 12.8. The molecule has 0 aromatic heterocycles. The van der Waals surface area contributed by atoms with Crippen molar-refractivity contribution in [2.45, 2.75) is 18.6 Å². The Bertz CT molecular complexity index is 660. The van der Waals surface area contributed by atoms with Gasteiger partial charge in [0, 0.05) is 0 Å². The number of halogens is 4. The molecule has 0 spiro atoms. The van der Waals surface area contributed by atoms with Crippen LogP contribution in [0.4, 0.5) is 18.9 Å². The standard InChI is InChI=1S/C12H11ClF3NO3S/c13-9-3-1-2-4-10(9)17(11(18)12(14,15)16)8-5-6-21(19,20)7-8/h1-4,8H,5-7H2. The Labute approximate surface area is 124 Å². The Kier molecular flexibility index (Phi) is 4.21. The molecule has 1 aromatic carbocycles. The predicted molar refractivity (Wildman–Crippen MR) is 72.1 cm³/mol. The van der Waals surface area contributed by atoms with Crippen LogP contribution in [-0.4, -0.2) is 38.0 Å². The van der Waals surface area contributed by atoms with E-state index >= 15 is 0 Å². The lowest BCUT2D eigenvalue weighted by molar-refractivity contribution is -0.170. The van der Waals surface area contributed by atoms with E-state index in [1.54, 1.807) is 0 Å². The number of rotatable bonds is 2. The van der Waals surface area contributed by atoms with E-state index in [9.17, 15) is 26.4 Å². The third-order valence-electron chi connectivity index (χ3n) is 3.15. The SMILES string of the molecule is O=C(N(c1ccccc1Cl)C1CCS(=O)(=O)C1)C(F)(F)F. The molecule has 1 saturated heterocycles. The summed E-state index contributed by atoms with van der Waals surface area (Å²) in [5, 5.41) is -0.0422. The van der Waals surface area contributed by atoms with Crippen LogP contribution in [0.2, 0.25) is 5.02 Å². The largest absolute Gasteiger partial charge is 0.471 e. The van der Waals surface area contributed by atoms with Crippen molar-refractivity contribution in [1.82, 2.24) is 0 Å². The smallest absolute Gasteiger partial charge is 0.299 e. The molecule has 1 aliphatic heterocycles. The van der Waals surface area contributed by atoms with Crippen molar-refractivity contribution < 1.29 is 26.4 Å². The van der Waals surface area contributed by atoms with Gasteiger partial charge in [0.2, 0.25) is 0 Å². The van der Waals surface area contributed by atoms with Crippen molar-refractivity contribution in [1.29, 1.82) is 0 Å². The summed E-state index contributed by atoms with van der Waals surface area (Å²) < 4.78 is 61.3. The minimum atomic E-state index is -5.11. The van der Waals surface area contributed by atoms with Crippen LogP contribution >= 0.6 is 11.6 Å². The van der Waals surface area contributed by atoms with Crippen LogP contribution in [0.25, 0.3) is 0 Å². The first-order valence-electron chi connectivity index (χ1n) is 5.97. The number of carbonyl (C=O) groups excluding carboxylic acids is 1. The number of carbonyl (C=O) groups is 1. The van der Waals surface area contributed by atoms with Crippen LogP contribution in [-0.2, 0) is 14.6 Å². The van der Waals surface area contributed by atoms with Crippen molar-refractivity contribution in [3.8, 4) is 0 Å². The van der Waals surface area contributed by atoms with Gasteiger partial charge in [-0.15, -0.1) is 0 Å². The van der Waals surface area contributed by atoms with Crippen molar-refractivity contribution in [3.05, 3.63) is 29.3 Å². The van der Waals surface area contributed by atoms with Crippen molar-refractivity contribution >= 4 is 33.0 Å². The van der Waals surface area contributed by atoms with Gasteiger partial charge in [-0.1, -0.05) is 23.7 Å². The van der Waals surface area contributed by atoms with Crippen molar-refractivity contribution in [2.75, 3.05) is 16.4 Å². The number of nitrogens with zero attached hydrogens (tertiary/aromatic N) is 1. The number of alkyl halides is 3. The second kappa shape index (κ2) is 5.49. The van der Waals surface area contributed by atoms with Gasteiger partial charge in [0.1, 0.15) is 0 Å². The van der Waals surface area contributed by atoms with Crippen LogP contribution < -0.4 is 4.90 Å². The molecule has 0 N–H and O–H groups in total. The van der Waals surface area contributed by atoms with E-state index < -0.39 is 33.7 Å². The highest BCUT2D eigenvalue weighted by atomic mass is 35.5. The van der Waals surface area contributed by atoms with Crippen LogP contribution in [0.15, 0.2) is 24.3 Å². The zero-order chi connectivity index (χ0) is 15.8. The minimum Gasteiger partial charge on any atom is -0.299 e. The molecule has 0 bridgehead atoms. The Balaban J connectivity index is 2.46. The molecule has 9 heteroatoms. The third-order valence-corrected chi connectivity index (χ3v) is 5.22. The number of anilines is 1. The van der Waals surface area contributed by atoms with Gasteiger partial charge in [0.25, 0.3) is 0 Å². The van der Waals surface area contributed by atoms with E-state index in [4.69, 9.17) is 11.6 Å². The van der Waals surface area contributed by atoms with Crippen LogP contribution in [0.3, 0.4) is 0 Å². The second-order valence-corrected chi connectivity index (χ2v) is 7.32. The summed E-state index contributed by atoms with van der Waals surface area (Å²) in [4.78, 5) is 12.1. The molecule has 1 aliphatic rings. The summed E-state index contributed by atoms with van der Waals surface area (Å²) in [6.07, 6.45) is -5.15. The fourth-order valence-electron chi connectivity index (χ4n) is 2.23. The zero-order valence-electron chi connectivity index (χ0n) is 10.6. The quantitative estimate of drug-likeness (QED) is 0.830. The van der Waals surface area contributed by atoms with E-state index in [1.807, 2.05) is 0 Å². The van der Waals surface area contributed by atoms with Crippen LogP contribution in [0.1, 0.15) is 6.42 Å². The summed E-state index contributed by atoms with van der Waals surface area (Å²) in [5.74, 6) is -2.86. The lowest BCUT2D eigenvalue weighted by atomic mass is 10.1. The van der Waals surface area contributed by atoms with E-state index in [0.717, 1.165) is 0 Å². The topological polar surface area (TPSA) is 54.5 Å². The molecular weight excluding hydrogens is 331 g/mol. The average molecular weight is 342 g/mol. The fraction of sp³-hybridized carbons (Fsp3) is 0.417. The van der Waals surface area contributed by atoms with E-state index in [-0.39, 0.29) is 22.9 Å². The normalized spacial score (nSPS) is 21.2. The lowest BCUT2D eigenvalue weighted by Gasteiger charge is -2.29. The molecule has 21 heavy (non-hydrogen) atoms. The van der Waals surface area contributed by atoms with Gasteiger partial charge in [0.15, 0.2) is 9.84 Å². The maximum absolute atomic E-state index is 12.8. The first kappa shape index (κ1) is 16.1. The fourth-order valence-corrected chi connectivity index (χ4v) is 4.16. The van der Waals surface area contributed by atoms with E-state index in [2.05, 4.69) is 0 Å². The highest BCUT2D eigenvalue weighted by Gasteiger charge is 2.47. The van der Waals surface area contributed by atoms with Gasteiger partial charge in [-0.25, -0.2) is 8.42 Å². The number of benzene rings is 1. The predicted octanol–water partition coefficient (Wildman–Crippen LogP) is 2.42. The molecule has 1 atom stereocenters. The van der Waals surface area contributed by atoms with Gasteiger partial charge in [-0.05, 0) is 18.6 Å². The summed E-state index contributed by atoms with van der Waals surface area (Å²) in [7, 11) is -3.44. The summed E-state index contributed by atoms with van der Waals surface area (Å²) in [6.45, 7) is 0. The lowest BCUT2D eigenvalue weighted by Crippen LogP contribution is -2.48. The molecule has 2 rings (SSSR count). The molecule has 116 valence electrons. The second-order valence-electron chi connectivity index (χ2n) is 4.68. The highest BCUT2D eigenvalue weighted by molar-refractivity contribution is 7.91. The molecule has 1 amide bonds. The van der Waals surface area contributed by atoms with Gasteiger partial charge >= 0.3 is 12.1 Å². The minimum absolute atomic E-state index is 0.0422. The van der Waals surface area contributed by atoms with E-state index in [1.165, 1.54) is 24.3 Å². The van der Waals surface area contributed by atoms with Gasteiger partial charge in [-0.2, -0.15) is 13.2 Å². The Morgan fingerprint density at radius 2 is 1.90 bits per heavy atom. The molecule has 1 unspecified atom stereocenters. The van der Waals surface area contributed by atoms with Gasteiger partial charge in [0.05, 0.1) is 28.3 Å². The van der Waals surface area contributed by atoms with Gasteiger partial charge in [-0.3, -0.25) is 9.69 Å². The maximum Gasteiger partial charge on any atom is 0.471 e. The number of para-hydroxylation sites is 1. The molecule has 1 aromatic rings. The molecule has 1 fully saturated rings. The van der Waals surface area contributed by atoms with Crippen LogP contribution in [0.5, 0.6) is 0 Å². The monoisotopic (exact) mass is 341 g/mol. The number of amides is 1. The summed E-state index contributed by atoms with van der Waals surface area (Å²) in [6, 6.07) is 4.48. The molecular formula is C12H11ClF3NO3S. The summed E-state index contributed by atoms with van der Waals surface area (Å²) >= 11 is 5.85. The Hall–Kier alpha value is -1.28. The molecule has 0 aliphatic carbocycles. The number of hydrogen-bond acceptors (Lipinski definition) is 3. The Morgan fingerprint density at radius 3 is 2.38 bits per heavy atom. The molecule has 0 radical (unpaired) electrons. The number of sulfone groups is 1. The first-order chi connectivity index (χ1) is 9.62. The third kappa shape index (κ3) is 3.49. The summed E-state index contributed by atoms with van der Waals surface area (Å²) in [5.41, 5.74) is -0.136. The molecule has 0 saturated carbocycles.